The third-order valence-corrected chi connectivity index (χ3v) is 3.11. The highest BCUT2D eigenvalue weighted by atomic mass is 16.4. The fourth-order valence-corrected chi connectivity index (χ4v) is 2.44. The van der Waals surface area contributed by atoms with Gasteiger partial charge in [0.05, 0.1) is 6.42 Å². The number of nitrogens with zero attached hydrogens (tertiary/aromatic N) is 1. The summed E-state index contributed by atoms with van der Waals surface area (Å²) >= 11 is 0. The molecule has 0 aliphatic heterocycles. The standard InChI is InChI=1S/C13H27NO2/c1-5-8-12(9-6-2)14(7-3)11(4)10-13(15)16/h11-12H,5-10H2,1-4H3,(H,15,16). The average Bonchev–Trinajstić information content (AvgIpc) is 2.18. The van der Waals surface area contributed by atoms with Crippen LogP contribution in [0.4, 0.5) is 0 Å². The summed E-state index contributed by atoms with van der Waals surface area (Å²) in [6, 6.07) is 0.694. The molecule has 0 saturated heterocycles. The molecule has 0 saturated carbocycles. The van der Waals surface area contributed by atoms with Crippen molar-refractivity contribution in [3.8, 4) is 0 Å². The van der Waals surface area contributed by atoms with Crippen molar-refractivity contribution in [1.29, 1.82) is 0 Å². The van der Waals surface area contributed by atoms with Crippen molar-refractivity contribution in [3.05, 3.63) is 0 Å². The Kier molecular flexibility index (Phi) is 8.26. The number of carbonyl (C=O) groups is 1. The van der Waals surface area contributed by atoms with Gasteiger partial charge in [-0.3, -0.25) is 9.69 Å². The minimum atomic E-state index is -0.697. The van der Waals surface area contributed by atoms with Gasteiger partial charge in [0.2, 0.25) is 0 Å². The van der Waals surface area contributed by atoms with Crippen LogP contribution in [-0.2, 0) is 4.79 Å². The number of hydrogen-bond donors (Lipinski definition) is 1. The van der Waals surface area contributed by atoms with Crippen LogP contribution >= 0.6 is 0 Å². The Morgan fingerprint density at radius 3 is 2.00 bits per heavy atom. The van der Waals surface area contributed by atoms with Gasteiger partial charge in [0.1, 0.15) is 0 Å². The van der Waals surface area contributed by atoms with Crippen LogP contribution < -0.4 is 0 Å². The van der Waals surface area contributed by atoms with Crippen LogP contribution in [0.5, 0.6) is 0 Å². The van der Waals surface area contributed by atoms with Gasteiger partial charge >= 0.3 is 5.97 Å². The van der Waals surface area contributed by atoms with E-state index in [9.17, 15) is 4.79 Å². The zero-order valence-electron chi connectivity index (χ0n) is 11.2. The highest BCUT2D eigenvalue weighted by Gasteiger charge is 2.22. The Bertz CT molecular complexity index is 188. The van der Waals surface area contributed by atoms with Gasteiger partial charge in [-0.1, -0.05) is 33.6 Å². The first-order chi connectivity index (χ1) is 7.56. The first-order valence-electron chi connectivity index (χ1n) is 6.54. The Balaban J connectivity index is 4.43. The lowest BCUT2D eigenvalue weighted by Gasteiger charge is -2.35. The Morgan fingerprint density at radius 1 is 1.19 bits per heavy atom. The van der Waals surface area contributed by atoms with Gasteiger partial charge in [-0.25, -0.2) is 0 Å². The summed E-state index contributed by atoms with van der Waals surface area (Å²) in [5.41, 5.74) is 0. The summed E-state index contributed by atoms with van der Waals surface area (Å²) in [6.07, 6.45) is 4.93. The molecule has 96 valence electrons. The van der Waals surface area contributed by atoms with Crippen LogP contribution in [0, 0.1) is 0 Å². The molecular formula is C13H27NO2. The largest absolute Gasteiger partial charge is 0.481 e. The molecule has 0 fully saturated rings. The van der Waals surface area contributed by atoms with E-state index in [4.69, 9.17) is 5.11 Å². The summed E-state index contributed by atoms with van der Waals surface area (Å²) in [5.74, 6) is -0.697. The van der Waals surface area contributed by atoms with E-state index in [-0.39, 0.29) is 12.5 Å². The predicted molar refractivity (Wildman–Crippen MR) is 67.7 cm³/mol. The van der Waals surface area contributed by atoms with E-state index in [1.165, 1.54) is 25.7 Å². The van der Waals surface area contributed by atoms with Crippen LogP contribution in [0.15, 0.2) is 0 Å². The SMILES string of the molecule is CCCC(CCC)N(CC)C(C)CC(=O)O. The van der Waals surface area contributed by atoms with Gasteiger partial charge in [-0.2, -0.15) is 0 Å². The summed E-state index contributed by atoms with van der Waals surface area (Å²) in [7, 11) is 0. The van der Waals surface area contributed by atoms with Gasteiger partial charge in [0, 0.05) is 12.1 Å². The average molecular weight is 229 g/mol. The fourth-order valence-electron chi connectivity index (χ4n) is 2.44. The van der Waals surface area contributed by atoms with Crippen LogP contribution in [0.2, 0.25) is 0 Å². The second kappa shape index (κ2) is 8.57. The lowest BCUT2D eigenvalue weighted by atomic mass is 10.0. The molecule has 0 amide bonds. The molecule has 0 aromatic carbocycles. The van der Waals surface area contributed by atoms with Crippen LogP contribution in [0.1, 0.15) is 59.8 Å². The van der Waals surface area contributed by atoms with Crippen molar-refractivity contribution >= 4 is 5.97 Å². The van der Waals surface area contributed by atoms with E-state index >= 15 is 0 Å². The van der Waals surface area contributed by atoms with Crippen molar-refractivity contribution in [3.63, 3.8) is 0 Å². The molecule has 0 aliphatic rings. The molecule has 0 aromatic rings. The first-order valence-corrected chi connectivity index (χ1v) is 6.54. The van der Waals surface area contributed by atoms with Crippen LogP contribution in [0.3, 0.4) is 0 Å². The highest BCUT2D eigenvalue weighted by molar-refractivity contribution is 5.67. The molecule has 0 heterocycles. The number of carboxylic acid groups (broad SMARTS) is 1. The van der Waals surface area contributed by atoms with Crippen molar-refractivity contribution in [1.82, 2.24) is 4.90 Å². The summed E-state index contributed by atoms with van der Waals surface area (Å²) in [5, 5.41) is 8.84. The van der Waals surface area contributed by atoms with Crippen LogP contribution in [-0.4, -0.2) is 34.6 Å². The topological polar surface area (TPSA) is 40.5 Å². The summed E-state index contributed by atoms with van der Waals surface area (Å²) in [4.78, 5) is 13.1. The number of hydrogen-bond acceptors (Lipinski definition) is 2. The van der Waals surface area contributed by atoms with Crippen LogP contribution in [0.25, 0.3) is 0 Å². The molecule has 1 N–H and O–H groups in total. The molecule has 16 heavy (non-hydrogen) atoms. The second-order valence-corrected chi connectivity index (χ2v) is 4.51. The molecule has 1 unspecified atom stereocenters. The third-order valence-electron chi connectivity index (χ3n) is 3.11. The molecule has 3 heteroatoms. The van der Waals surface area contributed by atoms with Crippen molar-refractivity contribution < 1.29 is 9.90 Å². The van der Waals surface area contributed by atoms with E-state index in [2.05, 4.69) is 25.7 Å². The highest BCUT2D eigenvalue weighted by Crippen LogP contribution is 2.17. The molecule has 3 nitrogen and oxygen atoms in total. The molecule has 0 bridgehead atoms. The molecule has 1 atom stereocenters. The number of aliphatic carboxylic acids is 1. The minimum absolute atomic E-state index is 0.144. The van der Waals surface area contributed by atoms with E-state index in [1.807, 2.05) is 6.92 Å². The molecule has 0 aromatic heterocycles. The van der Waals surface area contributed by atoms with E-state index in [0.29, 0.717) is 6.04 Å². The fraction of sp³-hybridized carbons (Fsp3) is 0.923. The summed E-state index contributed by atoms with van der Waals surface area (Å²) < 4.78 is 0. The zero-order valence-corrected chi connectivity index (χ0v) is 11.2. The molecule has 0 spiro atoms. The van der Waals surface area contributed by atoms with Crippen molar-refractivity contribution in [2.75, 3.05) is 6.54 Å². The lowest BCUT2D eigenvalue weighted by molar-refractivity contribution is -0.138. The predicted octanol–water partition coefficient (Wildman–Crippen LogP) is 3.14. The third kappa shape index (κ3) is 5.50. The van der Waals surface area contributed by atoms with E-state index in [1.54, 1.807) is 0 Å². The number of rotatable bonds is 9. The van der Waals surface area contributed by atoms with Gasteiger partial charge < -0.3 is 5.11 Å². The van der Waals surface area contributed by atoms with Gasteiger partial charge in [-0.05, 0) is 26.3 Å². The van der Waals surface area contributed by atoms with Gasteiger partial charge in [-0.15, -0.1) is 0 Å². The zero-order chi connectivity index (χ0) is 12.6. The Morgan fingerprint density at radius 2 is 1.69 bits per heavy atom. The number of carboxylic acids is 1. The van der Waals surface area contributed by atoms with E-state index < -0.39 is 5.97 Å². The summed E-state index contributed by atoms with van der Waals surface area (Å²) in [6.45, 7) is 9.47. The lowest BCUT2D eigenvalue weighted by Crippen LogP contribution is -2.42. The molecule has 0 rings (SSSR count). The monoisotopic (exact) mass is 229 g/mol. The van der Waals surface area contributed by atoms with Crippen molar-refractivity contribution in [2.45, 2.75) is 71.9 Å². The Hall–Kier alpha value is -0.570. The normalized spacial score (nSPS) is 13.4. The minimum Gasteiger partial charge on any atom is -0.481 e. The van der Waals surface area contributed by atoms with Gasteiger partial charge in [0.15, 0.2) is 0 Å². The van der Waals surface area contributed by atoms with E-state index in [0.717, 1.165) is 6.54 Å². The van der Waals surface area contributed by atoms with Gasteiger partial charge in [0.25, 0.3) is 0 Å². The maximum Gasteiger partial charge on any atom is 0.304 e. The first kappa shape index (κ1) is 15.4. The Labute approximate surface area is 99.8 Å². The second-order valence-electron chi connectivity index (χ2n) is 4.51. The maximum atomic E-state index is 10.7. The van der Waals surface area contributed by atoms with Crippen molar-refractivity contribution in [2.24, 2.45) is 0 Å². The maximum absolute atomic E-state index is 10.7. The molecule has 0 radical (unpaired) electrons. The molecular weight excluding hydrogens is 202 g/mol. The quantitative estimate of drug-likeness (QED) is 0.660. The molecule has 0 aliphatic carbocycles. The smallest absolute Gasteiger partial charge is 0.304 e.